The zero-order valence-electron chi connectivity index (χ0n) is 15.3. The minimum atomic E-state index is -0.492. The van der Waals surface area contributed by atoms with E-state index in [2.05, 4.69) is 16.0 Å². The number of halogens is 1. The highest BCUT2D eigenvalue weighted by Gasteiger charge is 2.37. The number of rotatable bonds is 6. The number of carbonyl (C=O) groups excluding carboxylic acids is 2. The number of hydrogen-bond donors (Lipinski definition) is 3. The first kappa shape index (κ1) is 20.0. The van der Waals surface area contributed by atoms with Crippen LogP contribution >= 0.6 is 0 Å². The first-order chi connectivity index (χ1) is 12.5. The Morgan fingerprint density at radius 1 is 1.27 bits per heavy atom. The molecule has 0 bridgehead atoms. The molecule has 1 saturated heterocycles. The molecule has 7 nitrogen and oxygen atoms in total. The molecule has 1 aliphatic rings. The number of methoxy groups -OCH3 is 1. The number of nitrogens with zero attached hydrogens (tertiary/aromatic N) is 1. The van der Waals surface area contributed by atoms with Gasteiger partial charge in [0.25, 0.3) is 0 Å². The monoisotopic (exact) mass is 366 g/mol. The van der Waals surface area contributed by atoms with Gasteiger partial charge in [0.15, 0.2) is 0 Å². The van der Waals surface area contributed by atoms with Gasteiger partial charge in [-0.15, -0.1) is 0 Å². The van der Waals surface area contributed by atoms with E-state index in [0.717, 1.165) is 0 Å². The largest absolute Gasteiger partial charge is 0.385 e. The van der Waals surface area contributed by atoms with Crippen molar-refractivity contribution in [1.29, 1.82) is 0 Å². The first-order valence-electron chi connectivity index (χ1n) is 8.85. The normalized spacial score (nSPS) is 16.0. The second kappa shape index (κ2) is 9.38. The Labute approximate surface area is 153 Å². The second-order valence-electron chi connectivity index (χ2n) is 6.40. The summed E-state index contributed by atoms with van der Waals surface area (Å²) in [4.78, 5) is 26.1. The lowest BCUT2D eigenvalue weighted by Gasteiger charge is -2.42. The summed E-state index contributed by atoms with van der Waals surface area (Å²) in [5, 5.41) is 8.32. The molecule has 0 radical (unpaired) electrons. The van der Waals surface area contributed by atoms with Gasteiger partial charge in [0, 0.05) is 38.9 Å². The fraction of sp³-hybridized carbons (Fsp3) is 0.556. The Bertz CT molecular complexity index is 618. The summed E-state index contributed by atoms with van der Waals surface area (Å²) in [7, 11) is 1.61. The maximum Gasteiger partial charge on any atom is 0.319 e. The molecule has 1 aromatic rings. The molecule has 0 saturated carbocycles. The predicted molar refractivity (Wildman–Crippen MR) is 97.7 cm³/mol. The van der Waals surface area contributed by atoms with Gasteiger partial charge >= 0.3 is 12.1 Å². The Morgan fingerprint density at radius 3 is 2.58 bits per heavy atom. The Balaban J connectivity index is 2.00. The number of hydrogen-bond acceptors (Lipinski definition) is 3. The lowest BCUT2D eigenvalue weighted by Crippen LogP contribution is -2.58. The first-order valence-corrected chi connectivity index (χ1v) is 8.85. The molecule has 1 heterocycles. The van der Waals surface area contributed by atoms with E-state index in [1.807, 2.05) is 6.92 Å². The lowest BCUT2D eigenvalue weighted by atomic mass is 9.84. The topological polar surface area (TPSA) is 82.7 Å². The van der Waals surface area contributed by atoms with Crippen LogP contribution in [0.25, 0.3) is 0 Å². The van der Waals surface area contributed by atoms with Gasteiger partial charge < -0.3 is 25.6 Å². The number of urea groups is 2. The number of carbonyl (C=O) groups is 2. The van der Waals surface area contributed by atoms with E-state index in [9.17, 15) is 14.0 Å². The molecule has 26 heavy (non-hydrogen) atoms. The van der Waals surface area contributed by atoms with Crippen LogP contribution in [0.4, 0.5) is 19.7 Å². The third-order valence-electron chi connectivity index (χ3n) is 4.62. The SMILES string of the molecule is CCNC(=O)N1CCC(CCOC)(NC(=O)Nc2ccccc2F)CC1. The molecule has 0 spiro atoms. The number of piperidine rings is 1. The summed E-state index contributed by atoms with van der Waals surface area (Å²) < 4.78 is 18.9. The van der Waals surface area contributed by atoms with E-state index in [4.69, 9.17) is 4.74 Å². The predicted octanol–water partition coefficient (Wildman–Crippen LogP) is 2.55. The molecule has 8 heteroatoms. The Morgan fingerprint density at radius 2 is 1.96 bits per heavy atom. The lowest BCUT2D eigenvalue weighted by molar-refractivity contribution is 0.108. The molecule has 1 aromatic carbocycles. The van der Waals surface area contributed by atoms with Crippen LogP contribution in [0.3, 0.4) is 0 Å². The second-order valence-corrected chi connectivity index (χ2v) is 6.40. The molecule has 1 aliphatic heterocycles. The van der Waals surface area contributed by atoms with Crippen LogP contribution in [0.2, 0.25) is 0 Å². The van der Waals surface area contributed by atoms with Crippen LogP contribution in [-0.2, 0) is 4.74 Å². The van der Waals surface area contributed by atoms with Crippen molar-refractivity contribution >= 4 is 17.7 Å². The van der Waals surface area contributed by atoms with Crippen LogP contribution in [0.5, 0.6) is 0 Å². The number of amides is 4. The quantitative estimate of drug-likeness (QED) is 0.724. The van der Waals surface area contributed by atoms with Crippen molar-refractivity contribution in [3.05, 3.63) is 30.1 Å². The van der Waals surface area contributed by atoms with E-state index in [0.29, 0.717) is 45.5 Å². The van der Waals surface area contributed by atoms with Gasteiger partial charge in [-0.2, -0.15) is 0 Å². The van der Waals surface area contributed by atoms with Crippen molar-refractivity contribution in [1.82, 2.24) is 15.5 Å². The summed E-state index contributed by atoms with van der Waals surface area (Å²) in [5.41, 5.74) is -0.361. The standard InChI is InChI=1S/C18H27FN4O3/c1-3-20-17(25)23-11-8-18(9-12-23,10-13-26-2)22-16(24)21-15-7-5-4-6-14(15)19/h4-7H,3,8-13H2,1-2H3,(H,20,25)(H2,21,22,24). The third-order valence-corrected chi connectivity index (χ3v) is 4.62. The maximum absolute atomic E-state index is 13.7. The summed E-state index contributed by atoms with van der Waals surface area (Å²) >= 11 is 0. The molecule has 0 atom stereocenters. The molecular weight excluding hydrogens is 339 g/mol. The van der Waals surface area contributed by atoms with Gasteiger partial charge in [-0.05, 0) is 38.3 Å². The summed E-state index contributed by atoms with van der Waals surface area (Å²) in [6.45, 7) is 4.01. The molecule has 0 aromatic heterocycles. The maximum atomic E-state index is 13.7. The van der Waals surface area contributed by atoms with E-state index < -0.39 is 17.4 Å². The number of para-hydroxylation sites is 1. The molecule has 0 aliphatic carbocycles. The average molecular weight is 366 g/mol. The smallest absolute Gasteiger partial charge is 0.319 e. The van der Waals surface area contributed by atoms with Gasteiger partial charge in [-0.25, -0.2) is 14.0 Å². The van der Waals surface area contributed by atoms with Crippen LogP contribution in [0, 0.1) is 5.82 Å². The highest BCUT2D eigenvalue weighted by molar-refractivity contribution is 5.90. The average Bonchev–Trinajstić information content (AvgIpc) is 2.63. The van der Waals surface area contributed by atoms with Crippen molar-refractivity contribution < 1.29 is 18.7 Å². The molecule has 1 fully saturated rings. The third kappa shape index (κ3) is 5.32. The van der Waals surface area contributed by atoms with E-state index in [-0.39, 0.29) is 11.7 Å². The molecular formula is C18H27FN4O3. The molecule has 144 valence electrons. The van der Waals surface area contributed by atoms with Gasteiger partial charge in [-0.3, -0.25) is 0 Å². The van der Waals surface area contributed by atoms with E-state index >= 15 is 0 Å². The van der Waals surface area contributed by atoms with Crippen LogP contribution in [0.15, 0.2) is 24.3 Å². The zero-order chi connectivity index (χ0) is 19.0. The fourth-order valence-corrected chi connectivity index (χ4v) is 3.09. The van der Waals surface area contributed by atoms with Gasteiger partial charge in [0.1, 0.15) is 5.82 Å². The van der Waals surface area contributed by atoms with Crippen LogP contribution in [0.1, 0.15) is 26.2 Å². The highest BCUT2D eigenvalue weighted by Crippen LogP contribution is 2.26. The summed E-state index contributed by atoms with van der Waals surface area (Å²) in [6, 6.07) is 5.47. The van der Waals surface area contributed by atoms with Crippen molar-refractivity contribution in [2.75, 3.05) is 38.7 Å². The summed E-state index contributed by atoms with van der Waals surface area (Å²) in [6.07, 6.45) is 1.84. The molecule has 4 amide bonds. The van der Waals surface area contributed by atoms with Crippen molar-refractivity contribution in [2.45, 2.75) is 31.7 Å². The van der Waals surface area contributed by atoms with Crippen molar-refractivity contribution in [3.8, 4) is 0 Å². The van der Waals surface area contributed by atoms with Gasteiger partial charge in [0.05, 0.1) is 5.69 Å². The minimum absolute atomic E-state index is 0.0938. The van der Waals surface area contributed by atoms with Crippen LogP contribution < -0.4 is 16.0 Å². The van der Waals surface area contributed by atoms with Gasteiger partial charge in [-0.1, -0.05) is 12.1 Å². The number of ether oxygens (including phenoxy) is 1. The zero-order valence-corrected chi connectivity index (χ0v) is 15.3. The molecule has 0 unspecified atom stereocenters. The van der Waals surface area contributed by atoms with Gasteiger partial charge in [0.2, 0.25) is 0 Å². The number of anilines is 1. The van der Waals surface area contributed by atoms with E-state index in [1.54, 1.807) is 24.1 Å². The Hall–Kier alpha value is -2.35. The molecule has 2 rings (SSSR count). The van der Waals surface area contributed by atoms with Crippen LogP contribution in [-0.4, -0.2) is 55.9 Å². The summed E-state index contributed by atoms with van der Waals surface area (Å²) in [5.74, 6) is -0.486. The number of likely N-dealkylation sites (tertiary alicyclic amines) is 1. The van der Waals surface area contributed by atoms with Crippen molar-refractivity contribution in [2.24, 2.45) is 0 Å². The molecule has 3 N–H and O–H groups in total. The highest BCUT2D eigenvalue weighted by atomic mass is 19.1. The Kier molecular flexibility index (Phi) is 7.20. The number of nitrogens with one attached hydrogen (secondary N) is 3. The number of benzene rings is 1. The van der Waals surface area contributed by atoms with Crippen molar-refractivity contribution in [3.63, 3.8) is 0 Å². The van der Waals surface area contributed by atoms with E-state index in [1.165, 1.54) is 12.1 Å². The minimum Gasteiger partial charge on any atom is -0.385 e. The fourth-order valence-electron chi connectivity index (χ4n) is 3.09.